The number of halogens is 1. The van der Waals surface area contributed by atoms with E-state index < -0.39 is 0 Å². The Morgan fingerprint density at radius 1 is 1.28 bits per heavy atom. The quantitative estimate of drug-likeness (QED) is 0.867. The van der Waals surface area contributed by atoms with Crippen molar-refractivity contribution in [2.24, 2.45) is 0 Å². The van der Waals surface area contributed by atoms with E-state index in [0.29, 0.717) is 12.1 Å². The lowest BCUT2D eigenvalue weighted by molar-refractivity contribution is 0.377. The molecule has 1 aliphatic rings. The number of hydrogen-bond donors (Lipinski definition) is 1. The molecule has 1 aromatic rings. The summed E-state index contributed by atoms with van der Waals surface area (Å²) in [6.07, 6.45) is 3.27. The minimum absolute atomic E-state index is 0.105. The summed E-state index contributed by atoms with van der Waals surface area (Å²) in [5.74, 6) is -0.105. The molecule has 1 N–H and O–H groups in total. The number of nitrogens with one attached hydrogen (secondary N) is 1. The van der Waals surface area contributed by atoms with Crippen LogP contribution in [-0.2, 0) is 0 Å². The Hall–Kier alpha value is -1.09. The van der Waals surface area contributed by atoms with E-state index in [2.05, 4.69) is 24.1 Å². The topological polar surface area (TPSA) is 15.3 Å². The number of rotatable bonds is 2. The highest BCUT2D eigenvalue weighted by molar-refractivity contribution is 5.47. The van der Waals surface area contributed by atoms with Crippen molar-refractivity contribution in [3.05, 3.63) is 30.1 Å². The summed E-state index contributed by atoms with van der Waals surface area (Å²) in [5.41, 5.74) is 0.751. The average molecular weight is 250 g/mol. The molecule has 2 unspecified atom stereocenters. The largest absolute Gasteiger partial charge is 0.369 e. The Bertz CT molecular complexity index is 381. The Labute approximate surface area is 109 Å². The molecule has 2 atom stereocenters. The maximum Gasteiger partial charge on any atom is 0.146 e. The smallest absolute Gasteiger partial charge is 0.146 e. The van der Waals surface area contributed by atoms with E-state index in [1.807, 2.05) is 12.1 Å². The molecule has 0 saturated carbocycles. The fourth-order valence-electron chi connectivity index (χ4n) is 2.61. The van der Waals surface area contributed by atoms with Gasteiger partial charge in [0.05, 0.1) is 5.69 Å². The first kappa shape index (κ1) is 13.3. The van der Waals surface area contributed by atoms with E-state index in [4.69, 9.17) is 0 Å². The highest BCUT2D eigenvalue weighted by atomic mass is 19.1. The van der Waals surface area contributed by atoms with Crippen LogP contribution >= 0.6 is 0 Å². The van der Waals surface area contributed by atoms with Crippen LogP contribution in [0.25, 0.3) is 0 Å². The van der Waals surface area contributed by atoms with Crippen molar-refractivity contribution < 1.29 is 4.39 Å². The van der Waals surface area contributed by atoms with E-state index >= 15 is 0 Å². The zero-order valence-corrected chi connectivity index (χ0v) is 11.3. The molecule has 1 fully saturated rings. The van der Waals surface area contributed by atoms with Gasteiger partial charge in [0, 0.05) is 25.2 Å². The average Bonchev–Trinajstić information content (AvgIpc) is 2.36. The van der Waals surface area contributed by atoms with Gasteiger partial charge < -0.3 is 10.2 Å². The van der Waals surface area contributed by atoms with Crippen LogP contribution in [0.1, 0.15) is 33.1 Å². The molecule has 1 heterocycles. The fourth-order valence-corrected chi connectivity index (χ4v) is 2.61. The maximum atomic E-state index is 13.8. The molecule has 0 aliphatic carbocycles. The monoisotopic (exact) mass is 250 g/mol. The number of nitrogens with zero attached hydrogens (tertiary/aromatic N) is 1. The predicted molar refractivity (Wildman–Crippen MR) is 74.5 cm³/mol. The van der Waals surface area contributed by atoms with E-state index in [-0.39, 0.29) is 5.82 Å². The summed E-state index contributed by atoms with van der Waals surface area (Å²) in [5, 5.41) is 3.63. The maximum absolute atomic E-state index is 13.8. The first-order chi connectivity index (χ1) is 8.70. The van der Waals surface area contributed by atoms with Crippen LogP contribution in [0, 0.1) is 5.82 Å². The van der Waals surface area contributed by atoms with Crippen LogP contribution in [0.5, 0.6) is 0 Å². The highest BCUT2D eigenvalue weighted by Gasteiger charge is 2.19. The van der Waals surface area contributed by atoms with Gasteiger partial charge in [-0.3, -0.25) is 0 Å². The molecule has 1 aliphatic heterocycles. The standard InChI is InChI=1S/C15H23FN2/c1-3-13-9-11-18(10-8-12(2)17-13)15-7-5-4-6-14(15)16/h4-7,12-13,17H,3,8-11H2,1-2H3. The summed E-state index contributed by atoms with van der Waals surface area (Å²) in [7, 11) is 0. The zero-order chi connectivity index (χ0) is 13.0. The summed E-state index contributed by atoms with van der Waals surface area (Å²) in [6.45, 7) is 6.28. The van der Waals surface area contributed by atoms with Gasteiger partial charge in [0.1, 0.15) is 5.82 Å². The van der Waals surface area contributed by atoms with Crippen molar-refractivity contribution in [2.75, 3.05) is 18.0 Å². The van der Waals surface area contributed by atoms with Gasteiger partial charge in [-0.2, -0.15) is 0 Å². The molecule has 100 valence electrons. The lowest BCUT2D eigenvalue weighted by Gasteiger charge is -2.33. The van der Waals surface area contributed by atoms with E-state index in [1.165, 1.54) is 0 Å². The predicted octanol–water partition coefficient (Wildman–Crippen LogP) is 3.18. The molecule has 3 heteroatoms. The number of benzene rings is 1. The third-order valence-corrected chi connectivity index (χ3v) is 3.79. The number of anilines is 1. The van der Waals surface area contributed by atoms with Crippen molar-refractivity contribution in [1.82, 2.24) is 5.32 Å². The van der Waals surface area contributed by atoms with Crippen LogP contribution in [0.3, 0.4) is 0 Å². The van der Waals surface area contributed by atoms with Crippen LogP contribution in [0.2, 0.25) is 0 Å². The third kappa shape index (κ3) is 3.22. The Balaban J connectivity index is 2.10. The van der Waals surface area contributed by atoms with Crippen molar-refractivity contribution in [1.29, 1.82) is 0 Å². The van der Waals surface area contributed by atoms with Crippen molar-refractivity contribution >= 4 is 5.69 Å². The van der Waals surface area contributed by atoms with Crippen LogP contribution in [-0.4, -0.2) is 25.2 Å². The first-order valence-corrected chi connectivity index (χ1v) is 6.96. The van der Waals surface area contributed by atoms with Gasteiger partial charge in [0.15, 0.2) is 0 Å². The molecule has 18 heavy (non-hydrogen) atoms. The molecule has 0 spiro atoms. The van der Waals surface area contributed by atoms with E-state index in [9.17, 15) is 4.39 Å². The second kappa shape index (κ2) is 6.19. The van der Waals surface area contributed by atoms with Gasteiger partial charge in [-0.05, 0) is 38.3 Å². The Morgan fingerprint density at radius 3 is 2.72 bits per heavy atom. The lowest BCUT2D eigenvalue weighted by atomic mass is 10.1. The molecule has 0 radical (unpaired) electrons. The van der Waals surface area contributed by atoms with Gasteiger partial charge in [-0.15, -0.1) is 0 Å². The SMILES string of the molecule is CCC1CCN(c2ccccc2F)CCC(C)N1. The number of para-hydroxylation sites is 1. The fraction of sp³-hybridized carbons (Fsp3) is 0.600. The Morgan fingerprint density at radius 2 is 2.00 bits per heavy atom. The number of hydrogen-bond acceptors (Lipinski definition) is 2. The minimum atomic E-state index is -0.105. The van der Waals surface area contributed by atoms with Crippen LogP contribution in [0.15, 0.2) is 24.3 Å². The minimum Gasteiger partial charge on any atom is -0.369 e. The van der Waals surface area contributed by atoms with E-state index in [0.717, 1.165) is 38.0 Å². The second-order valence-electron chi connectivity index (χ2n) is 5.19. The van der Waals surface area contributed by atoms with Gasteiger partial charge in [-0.25, -0.2) is 4.39 Å². The van der Waals surface area contributed by atoms with Gasteiger partial charge in [0.2, 0.25) is 0 Å². The summed E-state index contributed by atoms with van der Waals surface area (Å²) in [6, 6.07) is 8.15. The first-order valence-electron chi connectivity index (χ1n) is 6.96. The zero-order valence-electron chi connectivity index (χ0n) is 11.3. The molecule has 0 aromatic heterocycles. The summed E-state index contributed by atoms with van der Waals surface area (Å²) < 4.78 is 13.8. The normalized spacial score (nSPS) is 25.6. The second-order valence-corrected chi connectivity index (χ2v) is 5.19. The van der Waals surface area contributed by atoms with E-state index in [1.54, 1.807) is 12.1 Å². The van der Waals surface area contributed by atoms with Crippen molar-refractivity contribution in [3.63, 3.8) is 0 Å². The highest BCUT2D eigenvalue weighted by Crippen LogP contribution is 2.21. The molecule has 0 amide bonds. The third-order valence-electron chi connectivity index (χ3n) is 3.79. The molecule has 1 aromatic carbocycles. The molecule has 1 saturated heterocycles. The van der Waals surface area contributed by atoms with Crippen molar-refractivity contribution in [2.45, 2.75) is 45.2 Å². The molecular formula is C15H23FN2. The molecular weight excluding hydrogens is 227 g/mol. The van der Waals surface area contributed by atoms with Crippen LogP contribution < -0.4 is 10.2 Å². The van der Waals surface area contributed by atoms with Gasteiger partial charge in [0.25, 0.3) is 0 Å². The molecule has 0 bridgehead atoms. The summed E-state index contributed by atoms with van der Waals surface area (Å²) in [4.78, 5) is 2.19. The van der Waals surface area contributed by atoms with Crippen molar-refractivity contribution in [3.8, 4) is 0 Å². The van der Waals surface area contributed by atoms with Gasteiger partial charge >= 0.3 is 0 Å². The van der Waals surface area contributed by atoms with Gasteiger partial charge in [-0.1, -0.05) is 19.1 Å². The molecule has 2 nitrogen and oxygen atoms in total. The Kier molecular flexibility index (Phi) is 4.59. The molecule has 2 rings (SSSR count). The lowest BCUT2D eigenvalue weighted by Crippen LogP contribution is -2.44. The van der Waals surface area contributed by atoms with Crippen LogP contribution in [0.4, 0.5) is 10.1 Å². The summed E-state index contributed by atoms with van der Waals surface area (Å²) >= 11 is 0.